The Morgan fingerprint density at radius 2 is 2.29 bits per heavy atom. The molecule has 4 nitrogen and oxygen atoms in total. The van der Waals surface area contributed by atoms with Crippen molar-refractivity contribution in [1.82, 2.24) is 15.5 Å². The lowest BCUT2D eigenvalue weighted by Crippen LogP contribution is -2.49. The zero-order chi connectivity index (χ0) is 12.7. The minimum Gasteiger partial charge on any atom is -0.385 e. The second-order valence-corrected chi connectivity index (χ2v) is 5.21. The van der Waals surface area contributed by atoms with E-state index in [-0.39, 0.29) is 0 Å². The van der Waals surface area contributed by atoms with Crippen LogP contribution in [0.3, 0.4) is 0 Å². The highest BCUT2D eigenvalue weighted by Crippen LogP contribution is 2.14. The average molecular weight is 259 g/mol. The Morgan fingerprint density at radius 3 is 2.94 bits per heavy atom. The van der Waals surface area contributed by atoms with E-state index in [1.165, 1.54) is 6.42 Å². The van der Waals surface area contributed by atoms with Crippen molar-refractivity contribution in [1.29, 1.82) is 0 Å². The summed E-state index contributed by atoms with van der Waals surface area (Å²) < 4.78 is 4.99. The molecule has 1 heterocycles. The van der Waals surface area contributed by atoms with E-state index < -0.39 is 0 Å². The summed E-state index contributed by atoms with van der Waals surface area (Å²) >= 11 is 5.28. The van der Waals surface area contributed by atoms with Crippen LogP contribution in [0.1, 0.15) is 26.2 Å². The molecule has 1 aliphatic rings. The Kier molecular flexibility index (Phi) is 6.77. The van der Waals surface area contributed by atoms with Gasteiger partial charge in [-0.2, -0.15) is 0 Å². The SMILES string of the molecule is COCCCNC(=S)NC1CCN(C)C(C)C1. The lowest BCUT2D eigenvalue weighted by atomic mass is 9.99. The van der Waals surface area contributed by atoms with Crippen LogP contribution in [0.25, 0.3) is 0 Å². The van der Waals surface area contributed by atoms with Crippen molar-refractivity contribution >= 4 is 17.3 Å². The molecular weight excluding hydrogens is 234 g/mol. The molecule has 1 fully saturated rings. The van der Waals surface area contributed by atoms with Gasteiger partial charge in [-0.05, 0) is 45.5 Å². The molecule has 0 bridgehead atoms. The third-order valence-corrected chi connectivity index (χ3v) is 3.62. The molecule has 2 N–H and O–H groups in total. The molecule has 5 heteroatoms. The fraction of sp³-hybridized carbons (Fsp3) is 0.917. The summed E-state index contributed by atoms with van der Waals surface area (Å²) in [6, 6.07) is 1.15. The minimum atomic E-state index is 0.517. The number of nitrogens with zero attached hydrogens (tertiary/aromatic N) is 1. The molecule has 1 aliphatic heterocycles. The molecule has 1 rings (SSSR count). The third kappa shape index (κ3) is 5.66. The van der Waals surface area contributed by atoms with Crippen molar-refractivity contribution in [2.75, 3.05) is 33.9 Å². The van der Waals surface area contributed by atoms with Crippen molar-refractivity contribution in [2.45, 2.75) is 38.3 Å². The summed E-state index contributed by atoms with van der Waals surface area (Å²) in [7, 11) is 3.90. The molecule has 1 saturated heterocycles. The van der Waals surface area contributed by atoms with Crippen LogP contribution in [-0.4, -0.2) is 55.9 Å². The molecule has 0 aromatic carbocycles. The maximum absolute atomic E-state index is 5.28. The molecule has 17 heavy (non-hydrogen) atoms. The van der Waals surface area contributed by atoms with E-state index >= 15 is 0 Å². The van der Waals surface area contributed by atoms with Gasteiger partial charge in [0.1, 0.15) is 0 Å². The van der Waals surface area contributed by atoms with Gasteiger partial charge < -0.3 is 20.3 Å². The number of ether oxygens (including phenoxy) is 1. The molecule has 0 aromatic rings. The lowest BCUT2D eigenvalue weighted by Gasteiger charge is -2.35. The highest BCUT2D eigenvalue weighted by atomic mass is 32.1. The van der Waals surface area contributed by atoms with Crippen molar-refractivity contribution in [3.63, 3.8) is 0 Å². The lowest BCUT2D eigenvalue weighted by molar-refractivity contribution is 0.176. The van der Waals surface area contributed by atoms with E-state index in [4.69, 9.17) is 17.0 Å². The summed E-state index contributed by atoms with van der Waals surface area (Å²) in [4.78, 5) is 2.40. The molecular formula is C12H25N3OS. The molecule has 0 amide bonds. The minimum absolute atomic E-state index is 0.517. The fourth-order valence-corrected chi connectivity index (χ4v) is 2.34. The molecule has 0 aromatic heterocycles. The van der Waals surface area contributed by atoms with E-state index in [1.54, 1.807) is 7.11 Å². The zero-order valence-corrected chi connectivity index (χ0v) is 12.0. The first-order valence-corrected chi connectivity index (χ1v) is 6.78. The fourth-order valence-electron chi connectivity index (χ4n) is 2.08. The summed E-state index contributed by atoms with van der Waals surface area (Å²) in [6.45, 7) is 5.07. The standard InChI is InChI=1S/C12H25N3OS/c1-10-9-11(5-7-15(10)2)14-12(17)13-6-4-8-16-3/h10-11H,4-9H2,1-3H3,(H2,13,14,17). The van der Waals surface area contributed by atoms with Crippen molar-refractivity contribution in [2.24, 2.45) is 0 Å². The molecule has 2 unspecified atom stereocenters. The Bertz CT molecular complexity index is 238. The van der Waals surface area contributed by atoms with Crippen LogP contribution in [0.15, 0.2) is 0 Å². The van der Waals surface area contributed by atoms with Gasteiger partial charge in [-0.25, -0.2) is 0 Å². The van der Waals surface area contributed by atoms with Gasteiger partial charge in [-0.3, -0.25) is 0 Å². The first-order valence-electron chi connectivity index (χ1n) is 6.37. The molecule has 100 valence electrons. The molecule has 0 aliphatic carbocycles. The van der Waals surface area contributed by atoms with Gasteiger partial charge in [-0.15, -0.1) is 0 Å². The van der Waals surface area contributed by atoms with E-state index in [0.29, 0.717) is 12.1 Å². The Hall–Kier alpha value is -0.390. The van der Waals surface area contributed by atoms with E-state index in [9.17, 15) is 0 Å². The summed E-state index contributed by atoms with van der Waals surface area (Å²) in [5.41, 5.74) is 0. The van der Waals surface area contributed by atoms with Gasteiger partial charge in [0.25, 0.3) is 0 Å². The molecule has 0 saturated carbocycles. The van der Waals surface area contributed by atoms with Gasteiger partial charge in [0.05, 0.1) is 0 Å². The predicted molar refractivity (Wildman–Crippen MR) is 75.3 cm³/mol. The number of methoxy groups -OCH3 is 1. The van der Waals surface area contributed by atoms with Crippen LogP contribution in [0.5, 0.6) is 0 Å². The van der Waals surface area contributed by atoms with Crippen LogP contribution < -0.4 is 10.6 Å². The van der Waals surface area contributed by atoms with Gasteiger partial charge in [-0.1, -0.05) is 0 Å². The highest BCUT2D eigenvalue weighted by molar-refractivity contribution is 7.80. The number of hydrogen-bond donors (Lipinski definition) is 2. The van der Waals surface area contributed by atoms with Crippen LogP contribution >= 0.6 is 12.2 Å². The number of hydrogen-bond acceptors (Lipinski definition) is 3. The summed E-state index contributed by atoms with van der Waals surface area (Å²) in [5.74, 6) is 0. The molecule has 2 atom stereocenters. The van der Waals surface area contributed by atoms with E-state index in [0.717, 1.165) is 37.7 Å². The van der Waals surface area contributed by atoms with Crippen LogP contribution in [0, 0.1) is 0 Å². The van der Waals surface area contributed by atoms with E-state index in [1.807, 2.05) is 0 Å². The van der Waals surface area contributed by atoms with Gasteiger partial charge in [0, 0.05) is 38.9 Å². The molecule has 0 spiro atoms. The van der Waals surface area contributed by atoms with Crippen molar-refractivity contribution in [3.8, 4) is 0 Å². The first-order chi connectivity index (χ1) is 8.13. The van der Waals surface area contributed by atoms with Crippen LogP contribution in [0.4, 0.5) is 0 Å². The topological polar surface area (TPSA) is 36.5 Å². The Balaban J connectivity index is 2.14. The summed E-state index contributed by atoms with van der Waals surface area (Å²) in [6.07, 6.45) is 3.32. The summed E-state index contributed by atoms with van der Waals surface area (Å²) in [5, 5.41) is 7.40. The second kappa shape index (κ2) is 7.84. The third-order valence-electron chi connectivity index (χ3n) is 3.35. The monoisotopic (exact) mass is 259 g/mol. The second-order valence-electron chi connectivity index (χ2n) is 4.80. The van der Waals surface area contributed by atoms with Crippen molar-refractivity contribution in [3.05, 3.63) is 0 Å². The largest absolute Gasteiger partial charge is 0.385 e. The Morgan fingerprint density at radius 1 is 1.53 bits per heavy atom. The van der Waals surface area contributed by atoms with Gasteiger partial charge in [0.15, 0.2) is 5.11 Å². The molecule has 0 radical (unpaired) electrons. The number of rotatable bonds is 5. The van der Waals surface area contributed by atoms with Crippen molar-refractivity contribution < 1.29 is 4.74 Å². The highest BCUT2D eigenvalue weighted by Gasteiger charge is 2.22. The smallest absolute Gasteiger partial charge is 0.166 e. The maximum atomic E-state index is 5.28. The normalized spacial score (nSPS) is 25.6. The first kappa shape index (κ1) is 14.7. The van der Waals surface area contributed by atoms with Gasteiger partial charge in [0.2, 0.25) is 0 Å². The average Bonchev–Trinajstić information content (AvgIpc) is 2.30. The number of thiocarbonyl (C=S) groups is 1. The quantitative estimate of drug-likeness (QED) is 0.568. The van der Waals surface area contributed by atoms with Crippen LogP contribution in [0.2, 0.25) is 0 Å². The maximum Gasteiger partial charge on any atom is 0.166 e. The number of nitrogens with one attached hydrogen (secondary N) is 2. The Labute approximate surface area is 110 Å². The number of likely N-dealkylation sites (tertiary alicyclic amines) is 1. The zero-order valence-electron chi connectivity index (χ0n) is 11.2. The predicted octanol–water partition coefficient (Wildman–Crippen LogP) is 0.970. The van der Waals surface area contributed by atoms with Gasteiger partial charge >= 0.3 is 0 Å². The van der Waals surface area contributed by atoms with Crippen LogP contribution in [-0.2, 0) is 4.74 Å². The number of piperidine rings is 1. The van der Waals surface area contributed by atoms with E-state index in [2.05, 4.69) is 29.5 Å².